The van der Waals surface area contributed by atoms with Crippen LogP contribution in [-0.2, 0) is 28.4 Å². The number of aromatic nitrogens is 8. The summed E-state index contributed by atoms with van der Waals surface area (Å²) in [6, 6.07) is 13.1. The summed E-state index contributed by atoms with van der Waals surface area (Å²) in [5.74, 6) is 1.56. The van der Waals surface area contributed by atoms with Crippen LogP contribution in [0, 0.1) is 11.8 Å². The van der Waals surface area contributed by atoms with E-state index in [0.717, 1.165) is 53.9 Å². The normalized spacial score (nSPS) is 19.6. The quantitative estimate of drug-likeness (QED) is 0.161. The van der Waals surface area contributed by atoms with Crippen molar-refractivity contribution in [1.82, 2.24) is 54.1 Å². The van der Waals surface area contributed by atoms with Crippen LogP contribution in [0.3, 0.4) is 0 Å². The topological polar surface area (TPSA) is 204 Å². The number of nitrogens with zero attached hydrogens (tertiary/aromatic N) is 11. The van der Waals surface area contributed by atoms with E-state index in [2.05, 4.69) is 64.9 Å². The molecule has 2 atom stereocenters. The minimum absolute atomic E-state index is 0.102. The summed E-state index contributed by atoms with van der Waals surface area (Å²) in [5, 5.41) is 22.7. The van der Waals surface area contributed by atoms with Crippen LogP contribution in [0.5, 0.6) is 5.75 Å². The van der Waals surface area contributed by atoms with Gasteiger partial charge < -0.3 is 15.0 Å². The van der Waals surface area contributed by atoms with Crippen LogP contribution >= 0.6 is 0 Å². The Kier molecular flexibility index (Phi) is 10.8. The molecule has 7 heterocycles. The Morgan fingerprint density at radius 1 is 1.02 bits per heavy atom. The molecular formula is C41H50N14O5S. The van der Waals surface area contributed by atoms with Gasteiger partial charge in [-0.05, 0) is 68.0 Å². The summed E-state index contributed by atoms with van der Waals surface area (Å²) in [7, 11) is -1.84. The first-order chi connectivity index (χ1) is 29.4. The van der Waals surface area contributed by atoms with Gasteiger partial charge >= 0.3 is 6.03 Å². The van der Waals surface area contributed by atoms with Gasteiger partial charge in [0, 0.05) is 95.2 Å². The summed E-state index contributed by atoms with van der Waals surface area (Å²) < 4.78 is 39.2. The molecule has 0 aliphatic carbocycles. The third-order valence-corrected chi connectivity index (χ3v) is 13.7. The highest BCUT2D eigenvalue weighted by Crippen LogP contribution is 2.34. The molecule has 20 heteroatoms. The van der Waals surface area contributed by atoms with Gasteiger partial charge in [0.2, 0.25) is 27.5 Å². The fourth-order valence-electron chi connectivity index (χ4n) is 8.51. The van der Waals surface area contributed by atoms with Gasteiger partial charge in [0.05, 0.1) is 22.7 Å². The number of ether oxygens (including phenoxy) is 1. The lowest BCUT2D eigenvalue weighted by Gasteiger charge is -2.37. The number of piperidine rings is 1. The van der Waals surface area contributed by atoms with Crippen LogP contribution in [0.2, 0.25) is 0 Å². The second-order valence-electron chi connectivity index (χ2n) is 16.4. The second kappa shape index (κ2) is 16.4. The number of fused-ring (bicyclic) bond motifs is 2. The van der Waals surface area contributed by atoms with Crippen molar-refractivity contribution in [2.75, 3.05) is 67.5 Å². The number of H-pyrrole nitrogens is 1. The van der Waals surface area contributed by atoms with Crippen molar-refractivity contribution in [3.63, 3.8) is 0 Å². The maximum absolute atomic E-state index is 14.0. The lowest BCUT2D eigenvalue weighted by molar-refractivity contribution is -0.120. The molecule has 61 heavy (non-hydrogen) atoms. The Labute approximate surface area is 353 Å². The largest absolute Gasteiger partial charge is 0.485 e. The maximum Gasteiger partial charge on any atom is 0.329 e. The first-order valence-electron chi connectivity index (χ1n) is 20.7. The fourth-order valence-corrected chi connectivity index (χ4v) is 10.1. The Morgan fingerprint density at radius 3 is 2.61 bits per heavy atom. The SMILES string of the molecule is CC(C)Oc1c(-c2cn[nH]c2)ncn2nc(NC[C@H]3CCN(S(=O)(=O)c4cccc(CN5CCN(c6ccc7c(N8CCC(=O)NC8=O)nn(C)c7c6)CC5)c4)C[C@H]3C)nc12. The van der Waals surface area contributed by atoms with Crippen LogP contribution in [0.4, 0.5) is 22.2 Å². The van der Waals surface area contributed by atoms with Gasteiger partial charge in [0.1, 0.15) is 12.0 Å². The standard InChI is InChI=1S/C41H50N14O5S/c1-26(2)60-37-36(30-21-44-45-22-30)43-25-55-39(37)47-40(49-55)42-20-29-10-12-53(23-27(29)3)61(58,59)32-7-5-6-28(18-32)24-51-14-16-52(17-15-51)31-8-9-33-34(19-31)50(4)48-38(33)54-13-11-35(56)46-41(54)57/h5-9,18-19,21-22,25-27,29H,10-17,20,23-24H2,1-4H3,(H,42,49)(H,44,45)(H,46,56,57)/t27-,29-/m1/s1. The fraction of sp³-hybridized carbons (Fsp3) is 0.439. The highest BCUT2D eigenvalue weighted by molar-refractivity contribution is 7.89. The van der Waals surface area contributed by atoms with Crippen molar-refractivity contribution >= 4 is 56.0 Å². The van der Waals surface area contributed by atoms with E-state index in [0.29, 0.717) is 72.9 Å². The molecule has 0 bridgehead atoms. The highest BCUT2D eigenvalue weighted by atomic mass is 32.2. The molecule has 320 valence electrons. The van der Waals surface area contributed by atoms with Gasteiger partial charge in [-0.15, -0.1) is 5.10 Å². The molecule has 3 aliphatic rings. The van der Waals surface area contributed by atoms with Crippen molar-refractivity contribution in [2.45, 2.75) is 51.2 Å². The van der Waals surface area contributed by atoms with Crippen LogP contribution in [0.15, 0.2) is 66.1 Å². The number of urea groups is 1. The van der Waals surface area contributed by atoms with E-state index in [-0.39, 0.29) is 30.3 Å². The molecule has 2 aromatic carbocycles. The molecular weight excluding hydrogens is 801 g/mol. The lowest BCUT2D eigenvalue weighted by atomic mass is 9.88. The van der Waals surface area contributed by atoms with Gasteiger partial charge in [-0.2, -0.15) is 24.0 Å². The summed E-state index contributed by atoms with van der Waals surface area (Å²) in [6.45, 7) is 11.6. The molecule has 0 spiro atoms. The smallest absolute Gasteiger partial charge is 0.329 e. The highest BCUT2D eigenvalue weighted by Gasteiger charge is 2.34. The number of hydrogen-bond donors (Lipinski definition) is 3. The predicted octanol–water partition coefficient (Wildman–Crippen LogP) is 3.72. The molecule has 6 aromatic rings. The molecule has 19 nitrogen and oxygen atoms in total. The van der Waals surface area contributed by atoms with E-state index in [1.165, 1.54) is 4.90 Å². The number of carbonyl (C=O) groups excluding carboxylic acids is 2. The zero-order valence-corrected chi connectivity index (χ0v) is 35.5. The van der Waals surface area contributed by atoms with Crippen LogP contribution < -0.4 is 25.2 Å². The average Bonchev–Trinajstić information content (AvgIpc) is 4.00. The van der Waals surface area contributed by atoms with Crippen molar-refractivity contribution in [3.8, 4) is 17.0 Å². The zero-order chi connectivity index (χ0) is 42.4. The van der Waals surface area contributed by atoms with Gasteiger partial charge in [0.25, 0.3) is 0 Å². The zero-order valence-electron chi connectivity index (χ0n) is 34.7. The minimum atomic E-state index is -3.70. The third-order valence-electron chi connectivity index (χ3n) is 11.8. The Hall–Kier alpha value is -6.12. The number of rotatable bonds is 12. The van der Waals surface area contributed by atoms with Crippen LogP contribution in [-0.4, -0.2) is 128 Å². The van der Waals surface area contributed by atoms with Crippen LogP contribution in [0.1, 0.15) is 39.2 Å². The second-order valence-corrected chi connectivity index (χ2v) is 18.3. The van der Waals surface area contributed by atoms with E-state index in [9.17, 15) is 18.0 Å². The summed E-state index contributed by atoms with van der Waals surface area (Å²) in [4.78, 5) is 40.0. The molecule has 3 amide bonds. The molecule has 9 rings (SSSR count). The van der Waals surface area contributed by atoms with E-state index in [1.54, 1.807) is 38.3 Å². The Morgan fingerprint density at radius 2 is 1.85 bits per heavy atom. The van der Waals surface area contributed by atoms with Gasteiger partial charge in [-0.1, -0.05) is 19.1 Å². The lowest BCUT2D eigenvalue weighted by Crippen LogP contribution is -2.49. The number of sulfonamides is 1. The molecule has 3 saturated heterocycles. The van der Waals surface area contributed by atoms with Gasteiger partial charge in [-0.3, -0.25) is 29.7 Å². The van der Waals surface area contributed by atoms with Gasteiger partial charge in [0.15, 0.2) is 11.6 Å². The Balaban J connectivity index is 0.793. The number of carbonyl (C=O) groups is 2. The number of anilines is 3. The van der Waals surface area contributed by atoms with Gasteiger partial charge in [-0.25, -0.2) is 18.2 Å². The molecule has 0 radical (unpaired) electrons. The first-order valence-corrected chi connectivity index (χ1v) is 22.1. The van der Waals surface area contributed by atoms with Crippen molar-refractivity contribution < 1.29 is 22.7 Å². The predicted molar refractivity (Wildman–Crippen MR) is 229 cm³/mol. The monoisotopic (exact) mass is 850 g/mol. The van der Waals surface area contributed by atoms with Crippen molar-refractivity contribution in [1.29, 1.82) is 0 Å². The van der Waals surface area contributed by atoms with Crippen molar-refractivity contribution in [3.05, 3.63) is 66.7 Å². The molecule has 0 unspecified atom stereocenters. The number of piperazine rings is 1. The number of amides is 3. The first kappa shape index (κ1) is 40.3. The maximum atomic E-state index is 14.0. The summed E-state index contributed by atoms with van der Waals surface area (Å²) >= 11 is 0. The van der Waals surface area contributed by atoms with E-state index in [4.69, 9.17) is 9.72 Å². The third kappa shape index (κ3) is 8.09. The summed E-state index contributed by atoms with van der Waals surface area (Å²) in [6.07, 6.45) is 5.88. The van der Waals surface area contributed by atoms with E-state index in [1.807, 2.05) is 45.2 Å². The molecule has 3 aliphatic heterocycles. The Bertz CT molecular complexity index is 2690. The van der Waals surface area contributed by atoms with Crippen LogP contribution in [0.25, 0.3) is 27.8 Å². The number of aromatic amines is 1. The number of aryl methyl sites for hydroxylation is 1. The number of benzene rings is 2. The van der Waals surface area contributed by atoms with Crippen molar-refractivity contribution in [2.24, 2.45) is 18.9 Å². The number of nitrogens with one attached hydrogen (secondary N) is 3. The molecule has 0 saturated carbocycles. The molecule has 3 fully saturated rings. The molecule has 3 N–H and O–H groups in total. The van der Waals surface area contributed by atoms with E-state index >= 15 is 0 Å². The number of imide groups is 1. The summed E-state index contributed by atoms with van der Waals surface area (Å²) in [5.41, 5.74) is 4.89. The van der Waals surface area contributed by atoms with E-state index < -0.39 is 16.1 Å². The average molecular weight is 851 g/mol. The number of hydrogen-bond acceptors (Lipinski definition) is 13. The minimum Gasteiger partial charge on any atom is -0.485 e. The molecule has 4 aromatic heterocycles.